The Morgan fingerprint density at radius 1 is 1.29 bits per heavy atom. The molecule has 3 unspecified atom stereocenters. The van der Waals surface area contributed by atoms with E-state index in [1.54, 1.807) is 0 Å². The number of hydrogen-bond donors (Lipinski definition) is 1. The zero-order valence-corrected chi connectivity index (χ0v) is 13.5. The van der Waals surface area contributed by atoms with Gasteiger partial charge in [0.1, 0.15) is 5.54 Å². The smallest absolute Gasteiger partial charge is 0.144 e. The SMILES string of the molecule is CNC(C#N)(CN(C)C1CCCCC1C)c1ccccc1. The minimum Gasteiger partial charge on any atom is -0.300 e. The number of hydrogen-bond acceptors (Lipinski definition) is 3. The predicted molar refractivity (Wildman–Crippen MR) is 86.8 cm³/mol. The first kappa shape index (κ1) is 16.0. The summed E-state index contributed by atoms with van der Waals surface area (Å²) in [4.78, 5) is 2.39. The maximum atomic E-state index is 9.80. The summed E-state index contributed by atoms with van der Waals surface area (Å²) >= 11 is 0. The van der Waals surface area contributed by atoms with Gasteiger partial charge >= 0.3 is 0 Å². The van der Waals surface area contributed by atoms with Gasteiger partial charge in [0, 0.05) is 12.6 Å². The van der Waals surface area contributed by atoms with E-state index in [0.29, 0.717) is 12.0 Å². The first-order valence-corrected chi connectivity index (χ1v) is 7.99. The van der Waals surface area contributed by atoms with E-state index in [1.807, 2.05) is 37.4 Å². The minimum absolute atomic E-state index is 0.587. The molecule has 3 heteroatoms. The molecule has 1 fully saturated rings. The normalized spacial score (nSPS) is 25.3. The molecule has 0 saturated heterocycles. The van der Waals surface area contributed by atoms with Gasteiger partial charge < -0.3 is 0 Å². The summed E-state index contributed by atoms with van der Waals surface area (Å²) in [5, 5.41) is 13.1. The van der Waals surface area contributed by atoms with Crippen LogP contribution >= 0.6 is 0 Å². The van der Waals surface area contributed by atoms with E-state index in [4.69, 9.17) is 0 Å². The Bertz CT molecular complexity index is 479. The van der Waals surface area contributed by atoms with Gasteiger partial charge in [0.25, 0.3) is 0 Å². The number of benzene rings is 1. The van der Waals surface area contributed by atoms with Crippen molar-refractivity contribution < 1.29 is 0 Å². The highest BCUT2D eigenvalue weighted by Gasteiger charge is 2.35. The largest absolute Gasteiger partial charge is 0.300 e. The van der Waals surface area contributed by atoms with E-state index in [0.717, 1.165) is 12.1 Å². The summed E-state index contributed by atoms with van der Waals surface area (Å²) < 4.78 is 0. The third-order valence-electron chi connectivity index (χ3n) is 5.00. The van der Waals surface area contributed by atoms with Crippen LogP contribution < -0.4 is 5.32 Å². The van der Waals surface area contributed by atoms with Crippen molar-refractivity contribution in [2.45, 2.75) is 44.2 Å². The van der Waals surface area contributed by atoms with Crippen molar-refractivity contribution in [3.05, 3.63) is 35.9 Å². The van der Waals surface area contributed by atoms with Gasteiger partial charge in [-0.25, -0.2) is 0 Å². The zero-order chi connectivity index (χ0) is 15.3. The Labute approximate surface area is 129 Å². The number of nitrogens with zero attached hydrogens (tertiary/aromatic N) is 2. The molecule has 1 saturated carbocycles. The van der Waals surface area contributed by atoms with Crippen molar-refractivity contribution in [2.75, 3.05) is 20.6 Å². The molecule has 1 aliphatic carbocycles. The van der Waals surface area contributed by atoms with E-state index in [-0.39, 0.29) is 0 Å². The molecule has 0 heterocycles. The van der Waals surface area contributed by atoms with Gasteiger partial charge in [-0.3, -0.25) is 10.2 Å². The highest BCUT2D eigenvalue weighted by atomic mass is 15.2. The molecule has 21 heavy (non-hydrogen) atoms. The molecule has 114 valence electrons. The van der Waals surface area contributed by atoms with Gasteiger partial charge in [-0.2, -0.15) is 5.26 Å². The number of likely N-dealkylation sites (N-methyl/N-ethyl adjacent to an activating group) is 2. The van der Waals surface area contributed by atoms with Crippen molar-refractivity contribution in [3.63, 3.8) is 0 Å². The van der Waals surface area contributed by atoms with Crippen LogP contribution in [0.1, 0.15) is 38.2 Å². The second-order valence-electron chi connectivity index (χ2n) is 6.38. The van der Waals surface area contributed by atoms with E-state index in [1.165, 1.54) is 25.7 Å². The Hall–Kier alpha value is -1.37. The van der Waals surface area contributed by atoms with Gasteiger partial charge in [-0.05, 0) is 38.4 Å². The highest BCUT2D eigenvalue weighted by Crippen LogP contribution is 2.30. The molecule has 1 N–H and O–H groups in total. The van der Waals surface area contributed by atoms with Gasteiger partial charge in [0.2, 0.25) is 0 Å². The molecule has 0 spiro atoms. The third-order valence-corrected chi connectivity index (χ3v) is 5.00. The molecule has 1 aliphatic rings. The Balaban J connectivity index is 2.18. The molecule has 0 aromatic heterocycles. The van der Waals surface area contributed by atoms with Crippen LogP contribution in [0, 0.1) is 17.2 Å². The quantitative estimate of drug-likeness (QED) is 0.903. The zero-order valence-electron chi connectivity index (χ0n) is 13.5. The molecule has 1 aromatic carbocycles. The lowest BCUT2D eigenvalue weighted by Crippen LogP contribution is -2.51. The summed E-state index contributed by atoms with van der Waals surface area (Å²) in [7, 11) is 4.05. The van der Waals surface area contributed by atoms with Gasteiger partial charge in [0.05, 0.1) is 6.07 Å². The maximum Gasteiger partial charge on any atom is 0.144 e. The lowest BCUT2D eigenvalue weighted by Gasteiger charge is -2.40. The third kappa shape index (κ3) is 3.45. The molecule has 0 radical (unpaired) electrons. The molecule has 3 nitrogen and oxygen atoms in total. The van der Waals surface area contributed by atoms with E-state index in [2.05, 4.69) is 30.3 Å². The fourth-order valence-electron chi connectivity index (χ4n) is 3.64. The molecule has 0 bridgehead atoms. The second kappa shape index (κ2) is 7.06. The Kier molecular flexibility index (Phi) is 5.39. The maximum absolute atomic E-state index is 9.80. The van der Waals surface area contributed by atoms with E-state index >= 15 is 0 Å². The van der Waals surface area contributed by atoms with Crippen LogP contribution in [0.4, 0.5) is 0 Å². The van der Waals surface area contributed by atoms with Gasteiger partial charge in [-0.15, -0.1) is 0 Å². The topological polar surface area (TPSA) is 39.1 Å². The van der Waals surface area contributed by atoms with Crippen molar-refractivity contribution in [1.29, 1.82) is 5.26 Å². The van der Waals surface area contributed by atoms with Crippen LogP contribution in [0.25, 0.3) is 0 Å². The van der Waals surface area contributed by atoms with Crippen LogP contribution in [0.3, 0.4) is 0 Å². The van der Waals surface area contributed by atoms with Crippen molar-refractivity contribution in [2.24, 2.45) is 5.92 Å². The van der Waals surface area contributed by atoms with Crippen LogP contribution in [0.2, 0.25) is 0 Å². The molecule has 0 aliphatic heterocycles. The van der Waals surface area contributed by atoms with Crippen LogP contribution in [-0.2, 0) is 5.54 Å². The minimum atomic E-state index is -0.632. The molecule has 0 amide bonds. The lowest BCUT2D eigenvalue weighted by atomic mass is 9.83. The Morgan fingerprint density at radius 3 is 2.52 bits per heavy atom. The fourth-order valence-corrected chi connectivity index (χ4v) is 3.64. The summed E-state index contributed by atoms with van der Waals surface area (Å²) in [6.07, 6.45) is 5.21. The summed E-state index contributed by atoms with van der Waals surface area (Å²) in [5.74, 6) is 0.716. The van der Waals surface area contributed by atoms with Crippen LogP contribution in [0.15, 0.2) is 30.3 Å². The molecule has 2 rings (SSSR count). The predicted octanol–water partition coefficient (Wildman–Crippen LogP) is 3.14. The lowest BCUT2D eigenvalue weighted by molar-refractivity contribution is 0.116. The molecular weight excluding hydrogens is 258 g/mol. The average Bonchev–Trinajstić information content (AvgIpc) is 2.54. The fraction of sp³-hybridized carbons (Fsp3) is 0.611. The van der Waals surface area contributed by atoms with Crippen LogP contribution in [0.5, 0.6) is 0 Å². The van der Waals surface area contributed by atoms with Crippen LogP contribution in [-0.4, -0.2) is 31.6 Å². The second-order valence-corrected chi connectivity index (χ2v) is 6.38. The Morgan fingerprint density at radius 2 is 1.95 bits per heavy atom. The summed E-state index contributed by atoms with van der Waals surface area (Å²) in [5.41, 5.74) is 0.415. The van der Waals surface area contributed by atoms with Gasteiger partial charge in [0.15, 0.2) is 0 Å². The van der Waals surface area contributed by atoms with Crippen molar-refractivity contribution in [3.8, 4) is 6.07 Å². The van der Waals surface area contributed by atoms with E-state index in [9.17, 15) is 5.26 Å². The van der Waals surface area contributed by atoms with Gasteiger partial charge in [-0.1, -0.05) is 50.1 Å². The molecular formula is C18H27N3. The van der Waals surface area contributed by atoms with Crippen molar-refractivity contribution in [1.82, 2.24) is 10.2 Å². The average molecular weight is 285 g/mol. The monoisotopic (exact) mass is 285 g/mol. The van der Waals surface area contributed by atoms with Crippen molar-refractivity contribution >= 4 is 0 Å². The molecule has 3 atom stereocenters. The summed E-state index contributed by atoms with van der Waals surface area (Å²) in [6, 6.07) is 13.2. The number of nitriles is 1. The standard InChI is InChI=1S/C18H27N3/c1-15-9-7-8-12-17(15)21(3)14-18(13-19,20-2)16-10-5-4-6-11-16/h4-6,10-11,15,17,20H,7-9,12,14H2,1-3H3. The van der Waals surface area contributed by atoms with E-state index < -0.39 is 5.54 Å². The molecule has 1 aromatic rings. The first-order chi connectivity index (χ1) is 10.1. The summed E-state index contributed by atoms with van der Waals surface area (Å²) in [6.45, 7) is 3.06. The first-order valence-electron chi connectivity index (χ1n) is 7.99. The number of nitrogens with one attached hydrogen (secondary N) is 1. The number of rotatable bonds is 5. The highest BCUT2D eigenvalue weighted by molar-refractivity contribution is 5.32.